The predicted octanol–water partition coefficient (Wildman–Crippen LogP) is 2.37. The van der Waals surface area contributed by atoms with Gasteiger partial charge in [-0.05, 0) is 38.2 Å². The van der Waals surface area contributed by atoms with Gasteiger partial charge in [-0.2, -0.15) is 0 Å². The van der Waals surface area contributed by atoms with Crippen molar-refractivity contribution in [2.75, 3.05) is 33.4 Å². The number of Topliss-reactive ketones (excluding diaryl/α,β-unsaturated/α-hetero) is 1. The number of nitrogens with zero attached hydrogens (tertiary/aromatic N) is 1. The van der Waals surface area contributed by atoms with Crippen LogP contribution in [0.1, 0.15) is 23.7 Å². The zero-order valence-corrected chi connectivity index (χ0v) is 11.0. The van der Waals surface area contributed by atoms with Gasteiger partial charge in [-0.15, -0.1) is 0 Å². The summed E-state index contributed by atoms with van der Waals surface area (Å²) in [5, 5.41) is 0. The number of rotatable bonds is 8. The molecule has 0 spiro atoms. The Kier molecular flexibility index (Phi) is 6.54. The Balaban J connectivity index is 2.30. The average molecular weight is 253 g/mol. The lowest BCUT2D eigenvalue weighted by Gasteiger charge is -2.15. The molecule has 0 radical (unpaired) electrons. The zero-order valence-electron chi connectivity index (χ0n) is 11.0. The van der Waals surface area contributed by atoms with Gasteiger partial charge in [-0.25, -0.2) is 4.39 Å². The van der Waals surface area contributed by atoms with Crippen LogP contribution in [-0.4, -0.2) is 44.0 Å². The fraction of sp³-hybridized carbons (Fsp3) is 0.500. The molecule has 0 bridgehead atoms. The second-order valence-corrected chi connectivity index (χ2v) is 4.18. The molecule has 1 aromatic carbocycles. The highest BCUT2D eigenvalue weighted by Crippen LogP contribution is 2.06. The summed E-state index contributed by atoms with van der Waals surface area (Å²) in [7, 11) is 1.96. The number of carbonyl (C=O) groups excluding carboxylic acids is 1. The van der Waals surface area contributed by atoms with Crippen molar-refractivity contribution in [3.63, 3.8) is 0 Å². The third-order valence-electron chi connectivity index (χ3n) is 2.71. The van der Waals surface area contributed by atoms with Crippen LogP contribution in [-0.2, 0) is 4.74 Å². The number of carbonyl (C=O) groups is 1. The molecule has 0 aliphatic carbocycles. The molecule has 0 aliphatic rings. The van der Waals surface area contributed by atoms with Crippen molar-refractivity contribution < 1.29 is 13.9 Å². The van der Waals surface area contributed by atoms with E-state index in [0.29, 0.717) is 31.7 Å². The van der Waals surface area contributed by atoms with Crippen molar-refractivity contribution in [2.24, 2.45) is 0 Å². The number of halogens is 1. The molecule has 18 heavy (non-hydrogen) atoms. The molecule has 0 aromatic heterocycles. The summed E-state index contributed by atoms with van der Waals surface area (Å²) in [4.78, 5) is 13.9. The molecule has 0 unspecified atom stereocenters. The van der Waals surface area contributed by atoms with Crippen molar-refractivity contribution in [1.29, 1.82) is 0 Å². The summed E-state index contributed by atoms with van der Waals surface area (Å²) in [5.41, 5.74) is 0.564. The number of ketones is 1. The summed E-state index contributed by atoms with van der Waals surface area (Å²) in [6.45, 7) is 4.84. The van der Waals surface area contributed by atoms with Crippen molar-refractivity contribution in [1.82, 2.24) is 4.90 Å². The smallest absolute Gasteiger partial charge is 0.164 e. The van der Waals surface area contributed by atoms with Crippen LogP contribution in [0.2, 0.25) is 0 Å². The lowest BCUT2D eigenvalue weighted by Crippen LogP contribution is -2.26. The Hall–Kier alpha value is -1.26. The molecule has 0 atom stereocenters. The minimum Gasteiger partial charge on any atom is -0.380 e. The maximum Gasteiger partial charge on any atom is 0.164 e. The summed E-state index contributed by atoms with van der Waals surface area (Å²) >= 11 is 0. The Morgan fingerprint density at radius 1 is 1.28 bits per heavy atom. The Labute approximate surface area is 108 Å². The minimum atomic E-state index is -0.319. The molecule has 4 heteroatoms. The molecule has 100 valence electrons. The maximum absolute atomic E-state index is 12.7. The van der Waals surface area contributed by atoms with E-state index in [-0.39, 0.29) is 11.6 Å². The van der Waals surface area contributed by atoms with Gasteiger partial charge in [0, 0.05) is 31.7 Å². The van der Waals surface area contributed by atoms with E-state index in [4.69, 9.17) is 4.74 Å². The van der Waals surface area contributed by atoms with E-state index in [1.807, 2.05) is 14.0 Å². The van der Waals surface area contributed by atoms with Gasteiger partial charge in [-0.1, -0.05) is 0 Å². The lowest BCUT2D eigenvalue weighted by molar-refractivity contribution is 0.0946. The van der Waals surface area contributed by atoms with Gasteiger partial charge < -0.3 is 9.64 Å². The van der Waals surface area contributed by atoms with E-state index in [1.165, 1.54) is 24.3 Å². The predicted molar refractivity (Wildman–Crippen MR) is 69.3 cm³/mol. The van der Waals surface area contributed by atoms with Gasteiger partial charge in [0.05, 0.1) is 6.61 Å². The quantitative estimate of drug-likeness (QED) is 0.526. The zero-order chi connectivity index (χ0) is 13.4. The largest absolute Gasteiger partial charge is 0.380 e. The summed E-state index contributed by atoms with van der Waals surface area (Å²) in [6, 6.07) is 5.67. The van der Waals surface area contributed by atoms with Crippen LogP contribution in [0.3, 0.4) is 0 Å². The number of hydrogen-bond donors (Lipinski definition) is 0. The normalized spacial score (nSPS) is 10.9. The van der Waals surface area contributed by atoms with Crippen LogP contribution in [0.25, 0.3) is 0 Å². The van der Waals surface area contributed by atoms with Gasteiger partial charge in [0.2, 0.25) is 0 Å². The van der Waals surface area contributed by atoms with Crippen molar-refractivity contribution in [3.8, 4) is 0 Å². The van der Waals surface area contributed by atoms with E-state index in [1.54, 1.807) is 0 Å². The fourth-order valence-corrected chi connectivity index (χ4v) is 1.55. The summed E-state index contributed by atoms with van der Waals surface area (Å²) in [5.74, 6) is -0.279. The topological polar surface area (TPSA) is 29.5 Å². The Morgan fingerprint density at radius 2 is 1.94 bits per heavy atom. The highest BCUT2D eigenvalue weighted by molar-refractivity contribution is 5.96. The lowest BCUT2D eigenvalue weighted by atomic mass is 10.1. The van der Waals surface area contributed by atoms with Crippen LogP contribution >= 0.6 is 0 Å². The Bertz CT molecular complexity index is 365. The molecule has 0 saturated carbocycles. The highest BCUT2D eigenvalue weighted by Gasteiger charge is 2.07. The Morgan fingerprint density at radius 3 is 2.56 bits per heavy atom. The molecule has 0 aliphatic heterocycles. The second-order valence-electron chi connectivity index (χ2n) is 4.18. The first-order chi connectivity index (χ1) is 8.63. The van der Waals surface area contributed by atoms with Crippen LogP contribution < -0.4 is 0 Å². The van der Waals surface area contributed by atoms with E-state index < -0.39 is 0 Å². The van der Waals surface area contributed by atoms with E-state index in [9.17, 15) is 9.18 Å². The molecule has 1 rings (SSSR count). The van der Waals surface area contributed by atoms with Gasteiger partial charge in [0.15, 0.2) is 5.78 Å². The van der Waals surface area contributed by atoms with Crippen LogP contribution in [0.5, 0.6) is 0 Å². The third kappa shape index (κ3) is 5.38. The molecule has 0 N–H and O–H groups in total. The van der Waals surface area contributed by atoms with E-state index in [2.05, 4.69) is 4.90 Å². The standard InChI is InChI=1S/C14H20FNO2/c1-3-18-11-10-16(2)9-8-14(17)12-4-6-13(15)7-5-12/h4-7H,3,8-11H2,1-2H3. The number of likely N-dealkylation sites (N-methyl/N-ethyl adjacent to an activating group) is 1. The molecule has 0 fully saturated rings. The molecular weight excluding hydrogens is 233 g/mol. The number of benzene rings is 1. The van der Waals surface area contributed by atoms with Gasteiger partial charge in [0.1, 0.15) is 5.82 Å². The van der Waals surface area contributed by atoms with E-state index in [0.717, 1.165) is 6.54 Å². The summed E-state index contributed by atoms with van der Waals surface area (Å²) in [6.07, 6.45) is 0.439. The number of ether oxygens (including phenoxy) is 1. The first kappa shape index (κ1) is 14.8. The second kappa shape index (κ2) is 7.95. The molecule has 0 heterocycles. The molecule has 0 saturated heterocycles. The van der Waals surface area contributed by atoms with Crippen molar-refractivity contribution >= 4 is 5.78 Å². The first-order valence-electron chi connectivity index (χ1n) is 6.18. The molecule has 1 aromatic rings. The van der Waals surface area contributed by atoms with Crippen molar-refractivity contribution in [2.45, 2.75) is 13.3 Å². The SMILES string of the molecule is CCOCCN(C)CCC(=O)c1ccc(F)cc1. The van der Waals surface area contributed by atoms with Gasteiger partial charge >= 0.3 is 0 Å². The fourth-order valence-electron chi connectivity index (χ4n) is 1.55. The van der Waals surface area contributed by atoms with Crippen LogP contribution in [0, 0.1) is 5.82 Å². The monoisotopic (exact) mass is 253 g/mol. The molecule has 3 nitrogen and oxygen atoms in total. The first-order valence-corrected chi connectivity index (χ1v) is 6.18. The van der Waals surface area contributed by atoms with Gasteiger partial charge in [-0.3, -0.25) is 4.79 Å². The summed E-state index contributed by atoms with van der Waals surface area (Å²) < 4.78 is 17.9. The minimum absolute atomic E-state index is 0.0401. The maximum atomic E-state index is 12.7. The van der Waals surface area contributed by atoms with E-state index >= 15 is 0 Å². The van der Waals surface area contributed by atoms with Crippen molar-refractivity contribution in [3.05, 3.63) is 35.6 Å². The third-order valence-corrected chi connectivity index (χ3v) is 2.71. The van der Waals surface area contributed by atoms with Crippen LogP contribution in [0.4, 0.5) is 4.39 Å². The molecule has 0 amide bonds. The van der Waals surface area contributed by atoms with Crippen LogP contribution in [0.15, 0.2) is 24.3 Å². The molecular formula is C14H20FNO2. The average Bonchev–Trinajstić information content (AvgIpc) is 2.37. The number of hydrogen-bond acceptors (Lipinski definition) is 3. The van der Waals surface area contributed by atoms with Gasteiger partial charge in [0.25, 0.3) is 0 Å². The highest BCUT2D eigenvalue weighted by atomic mass is 19.1.